The van der Waals surface area contributed by atoms with Crippen molar-refractivity contribution in [2.75, 3.05) is 26.2 Å². The number of amides is 2. The maximum atomic E-state index is 12.8. The summed E-state index contributed by atoms with van der Waals surface area (Å²) in [7, 11) is 0. The lowest BCUT2D eigenvalue weighted by molar-refractivity contribution is -0.140. The van der Waals surface area contributed by atoms with Gasteiger partial charge in [-0.05, 0) is 24.3 Å². The largest absolute Gasteiger partial charge is 0.448 e. The summed E-state index contributed by atoms with van der Waals surface area (Å²) in [6.45, 7) is 7.87. The number of hydrogen-bond acceptors (Lipinski definition) is 5. The smallest absolute Gasteiger partial charge is 0.289 e. The molecule has 3 heterocycles. The predicted molar refractivity (Wildman–Crippen MR) is 109 cm³/mol. The Hall–Kier alpha value is -2.67. The first-order chi connectivity index (χ1) is 13.3. The molecule has 3 aromatic rings. The number of para-hydroxylation sites is 1. The van der Waals surface area contributed by atoms with Crippen molar-refractivity contribution < 1.29 is 14.0 Å². The summed E-state index contributed by atoms with van der Waals surface area (Å²) in [6, 6.07) is 11.4. The van der Waals surface area contributed by atoms with E-state index in [2.05, 4.69) is 4.98 Å². The number of aromatic nitrogens is 1. The lowest BCUT2D eigenvalue weighted by Crippen LogP contribution is -2.53. The molecule has 0 N–H and O–H groups in total. The summed E-state index contributed by atoms with van der Waals surface area (Å²) >= 11 is 1.54. The number of furan rings is 1. The molecule has 1 aromatic carbocycles. The molecular weight excluding hydrogens is 374 g/mol. The molecule has 7 heteroatoms. The minimum Gasteiger partial charge on any atom is -0.448 e. The van der Waals surface area contributed by atoms with E-state index in [0.29, 0.717) is 37.7 Å². The number of piperazine rings is 1. The Morgan fingerprint density at radius 1 is 1.00 bits per heavy atom. The van der Waals surface area contributed by atoms with Gasteiger partial charge in [0.2, 0.25) is 5.91 Å². The predicted octanol–water partition coefficient (Wildman–Crippen LogP) is 3.89. The van der Waals surface area contributed by atoms with Crippen molar-refractivity contribution in [1.82, 2.24) is 14.8 Å². The van der Waals surface area contributed by atoms with Crippen LogP contribution in [0.1, 0.15) is 31.3 Å². The van der Waals surface area contributed by atoms with Crippen LogP contribution in [-0.4, -0.2) is 52.8 Å². The van der Waals surface area contributed by atoms with E-state index in [-0.39, 0.29) is 11.8 Å². The molecule has 0 saturated carbocycles. The van der Waals surface area contributed by atoms with Crippen LogP contribution in [0.15, 0.2) is 40.8 Å². The Kier molecular flexibility index (Phi) is 4.71. The number of carbonyl (C=O) groups is 2. The number of thiazole rings is 1. The van der Waals surface area contributed by atoms with E-state index < -0.39 is 5.41 Å². The molecule has 2 aromatic heterocycles. The first kappa shape index (κ1) is 18.7. The molecule has 0 aliphatic carbocycles. The van der Waals surface area contributed by atoms with Crippen molar-refractivity contribution in [3.05, 3.63) is 42.2 Å². The maximum Gasteiger partial charge on any atom is 0.289 e. The van der Waals surface area contributed by atoms with Gasteiger partial charge in [-0.15, -0.1) is 11.3 Å². The summed E-state index contributed by atoms with van der Waals surface area (Å²) in [5.74, 6) is 0.891. The minimum atomic E-state index is -0.403. The Morgan fingerprint density at radius 2 is 1.68 bits per heavy atom. The fourth-order valence-electron chi connectivity index (χ4n) is 3.29. The maximum absolute atomic E-state index is 12.8. The Morgan fingerprint density at radius 3 is 2.36 bits per heavy atom. The fourth-order valence-corrected chi connectivity index (χ4v) is 4.22. The van der Waals surface area contributed by atoms with Crippen LogP contribution < -0.4 is 0 Å². The molecule has 4 rings (SSSR count). The van der Waals surface area contributed by atoms with Crippen LogP contribution in [0, 0.1) is 5.41 Å². The Balaban J connectivity index is 1.44. The van der Waals surface area contributed by atoms with Gasteiger partial charge in [-0.3, -0.25) is 9.59 Å². The van der Waals surface area contributed by atoms with Crippen LogP contribution in [0.2, 0.25) is 0 Å². The van der Waals surface area contributed by atoms with Gasteiger partial charge in [-0.25, -0.2) is 4.98 Å². The molecule has 0 radical (unpaired) electrons. The highest BCUT2D eigenvalue weighted by molar-refractivity contribution is 7.21. The summed E-state index contributed by atoms with van der Waals surface area (Å²) in [4.78, 5) is 33.4. The van der Waals surface area contributed by atoms with E-state index >= 15 is 0 Å². The van der Waals surface area contributed by atoms with E-state index in [1.165, 1.54) is 0 Å². The van der Waals surface area contributed by atoms with Gasteiger partial charge < -0.3 is 14.2 Å². The van der Waals surface area contributed by atoms with Crippen LogP contribution >= 0.6 is 11.3 Å². The van der Waals surface area contributed by atoms with E-state index in [1.807, 2.05) is 49.9 Å². The van der Waals surface area contributed by atoms with Gasteiger partial charge in [0.25, 0.3) is 5.91 Å². The molecule has 0 bridgehead atoms. The number of rotatable bonds is 2. The summed E-state index contributed by atoms with van der Waals surface area (Å²) in [6.07, 6.45) is 0. The summed E-state index contributed by atoms with van der Waals surface area (Å²) in [5, 5.41) is 0.765. The molecule has 146 valence electrons. The molecule has 6 nitrogen and oxygen atoms in total. The third-order valence-corrected chi connectivity index (χ3v) is 5.87. The molecule has 1 aliphatic rings. The van der Waals surface area contributed by atoms with Crippen molar-refractivity contribution >= 4 is 33.4 Å². The van der Waals surface area contributed by atoms with Gasteiger partial charge in [0, 0.05) is 31.6 Å². The van der Waals surface area contributed by atoms with Gasteiger partial charge in [0.1, 0.15) is 0 Å². The summed E-state index contributed by atoms with van der Waals surface area (Å²) in [5.41, 5.74) is 0.519. The lowest BCUT2D eigenvalue weighted by atomic mass is 9.94. The molecule has 1 aliphatic heterocycles. The first-order valence-corrected chi connectivity index (χ1v) is 10.2. The number of benzene rings is 1. The van der Waals surface area contributed by atoms with Crippen molar-refractivity contribution in [1.29, 1.82) is 0 Å². The van der Waals surface area contributed by atoms with Crippen LogP contribution in [0.4, 0.5) is 0 Å². The quantitative estimate of drug-likeness (QED) is 0.658. The molecule has 0 unspecified atom stereocenters. The average Bonchev–Trinajstić information content (AvgIpc) is 3.33. The highest BCUT2D eigenvalue weighted by Gasteiger charge is 2.31. The zero-order valence-electron chi connectivity index (χ0n) is 16.3. The zero-order valence-corrected chi connectivity index (χ0v) is 17.1. The number of carbonyl (C=O) groups excluding carboxylic acids is 2. The Bertz CT molecular complexity index is 990. The molecule has 0 atom stereocenters. The molecule has 28 heavy (non-hydrogen) atoms. The average molecular weight is 398 g/mol. The number of nitrogens with zero attached hydrogens (tertiary/aromatic N) is 3. The van der Waals surface area contributed by atoms with Gasteiger partial charge in [-0.2, -0.15) is 0 Å². The number of hydrogen-bond donors (Lipinski definition) is 0. The third-order valence-electron chi connectivity index (χ3n) is 4.82. The standard InChI is InChI=1S/C21H23N3O3S/c1-21(2,3)20(26)24-12-10-23(11-13-24)19(25)16-9-8-15(27-16)18-22-14-6-4-5-7-17(14)28-18/h4-9H,10-13H2,1-3H3. The molecule has 1 fully saturated rings. The lowest BCUT2D eigenvalue weighted by Gasteiger charge is -2.37. The normalized spacial score (nSPS) is 15.2. The topological polar surface area (TPSA) is 66.7 Å². The molecule has 1 saturated heterocycles. The van der Waals surface area contributed by atoms with Crippen molar-refractivity contribution in [2.24, 2.45) is 5.41 Å². The summed E-state index contributed by atoms with van der Waals surface area (Å²) < 4.78 is 6.90. The number of fused-ring (bicyclic) bond motifs is 1. The zero-order chi connectivity index (χ0) is 19.9. The SMILES string of the molecule is CC(C)(C)C(=O)N1CCN(C(=O)c2ccc(-c3nc4ccccc4s3)o2)CC1. The van der Waals surface area contributed by atoms with Gasteiger partial charge in [0.05, 0.1) is 10.2 Å². The molecule has 2 amide bonds. The van der Waals surface area contributed by atoms with E-state index in [1.54, 1.807) is 28.4 Å². The Labute approximate surface area is 167 Å². The van der Waals surface area contributed by atoms with Crippen molar-refractivity contribution in [3.8, 4) is 10.8 Å². The van der Waals surface area contributed by atoms with E-state index in [9.17, 15) is 9.59 Å². The highest BCUT2D eigenvalue weighted by atomic mass is 32.1. The van der Waals surface area contributed by atoms with Gasteiger partial charge in [0.15, 0.2) is 16.5 Å². The third kappa shape index (κ3) is 3.54. The van der Waals surface area contributed by atoms with E-state index in [0.717, 1.165) is 15.2 Å². The van der Waals surface area contributed by atoms with Crippen LogP contribution in [0.5, 0.6) is 0 Å². The molecule has 0 spiro atoms. The fraction of sp³-hybridized carbons (Fsp3) is 0.381. The second-order valence-electron chi connectivity index (χ2n) is 7.99. The second-order valence-corrected chi connectivity index (χ2v) is 9.02. The minimum absolute atomic E-state index is 0.121. The monoisotopic (exact) mass is 397 g/mol. The molecular formula is C21H23N3O3S. The van der Waals surface area contributed by atoms with Crippen LogP contribution in [0.25, 0.3) is 21.0 Å². The first-order valence-electron chi connectivity index (χ1n) is 9.37. The van der Waals surface area contributed by atoms with Gasteiger partial charge >= 0.3 is 0 Å². The van der Waals surface area contributed by atoms with Crippen molar-refractivity contribution in [2.45, 2.75) is 20.8 Å². The highest BCUT2D eigenvalue weighted by Crippen LogP contribution is 2.31. The second kappa shape index (κ2) is 7.05. The van der Waals surface area contributed by atoms with E-state index in [4.69, 9.17) is 4.42 Å². The van der Waals surface area contributed by atoms with Crippen molar-refractivity contribution in [3.63, 3.8) is 0 Å². The van der Waals surface area contributed by atoms with Gasteiger partial charge in [-0.1, -0.05) is 32.9 Å². The van der Waals surface area contributed by atoms with Crippen LogP contribution in [0.3, 0.4) is 0 Å². The van der Waals surface area contributed by atoms with Crippen LogP contribution in [-0.2, 0) is 4.79 Å².